The second kappa shape index (κ2) is 7.94. The third-order valence-electron chi connectivity index (χ3n) is 4.42. The minimum atomic E-state index is -0.520. The van der Waals surface area contributed by atoms with E-state index in [0.29, 0.717) is 12.3 Å². The Labute approximate surface area is 174 Å². The van der Waals surface area contributed by atoms with Crippen LogP contribution in [-0.2, 0) is 11.3 Å². The van der Waals surface area contributed by atoms with Gasteiger partial charge in [0.05, 0.1) is 5.69 Å². The number of amides is 1. The third kappa shape index (κ3) is 4.46. The fraction of sp³-hybridized carbons (Fsp3) is 0.217. The summed E-state index contributed by atoms with van der Waals surface area (Å²) < 4.78 is 6.95. The van der Waals surface area contributed by atoms with Gasteiger partial charge in [-0.3, -0.25) is 0 Å². The highest BCUT2D eigenvalue weighted by molar-refractivity contribution is 5.81. The molecule has 1 amide bonds. The van der Waals surface area contributed by atoms with Gasteiger partial charge < -0.3 is 10.1 Å². The van der Waals surface area contributed by atoms with Gasteiger partial charge in [-0.1, -0.05) is 54.6 Å². The molecule has 0 saturated carbocycles. The molecule has 7 heteroatoms. The van der Waals surface area contributed by atoms with Crippen molar-refractivity contribution in [1.82, 2.24) is 24.9 Å². The average molecular weight is 401 g/mol. The van der Waals surface area contributed by atoms with Gasteiger partial charge in [-0.2, -0.15) is 10.1 Å². The topological polar surface area (TPSA) is 81.4 Å². The van der Waals surface area contributed by atoms with E-state index in [-0.39, 0.29) is 0 Å². The van der Waals surface area contributed by atoms with Gasteiger partial charge in [0.2, 0.25) is 0 Å². The van der Waals surface area contributed by atoms with Crippen molar-refractivity contribution >= 4 is 11.9 Å². The lowest BCUT2D eigenvalue weighted by molar-refractivity contribution is 0.0523. The Morgan fingerprint density at radius 3 is 2.47 bits per heavy atom. The first-order valence-corrected chi connectivity index (χ1v) is 9.71. The van der Waals surface area contributed by atoms with E-state index in [4.69, 9.17) is 9.72 Å². The van der Waals surface area contributed by atoms with Crippen LogP contribution in [-0.4, -0.2) is 31.3 Å². The summed E-state index contributed by atoms with van der Waals surface area (Å²) in [7, 11) is 0. The number of nitrogens with zero attached hydrogens (tertiary/aromatic N) is 4. The summed E-state index contributed by atoms with van der Waals surface area (Å²) in [5.41, 5.74) is 4.25. The van der Waals surface area contributed by atoms with E-state index >= 15 is 0 Å². The lowest BCUT2D eigenvalue weighted by atomic mass is 10.00. The quantitative estimate of drug-likeness (QED) is 0.545. The van der Waals surface area contributed by atoms with Crippen molar-refractivity contribution in [1.29, 1.82) is 0 Å². The molecular weight excluding hydrogens is 378 g/mol. The van der Waals surface area contributed by atoms with Gasteiger partial charge in [0.1, 0.15) is 11.9 Å². The molecule has 0 aliphatic rings. The molecule has 30 heavy (non-hydrogen) atoms. The van der Waals surface area contributed by atoms with Gasteiger partial charge in [-0.25, -0.2) is 14.3 Å². The molecule has 0 bridgehead atoms. The molecule has 0 atom stereocenters. The van der Waals surface area contributed by atoms with E-state index in [1.807, 2.05) is 81.6 Å². The van der Waals surface area contributed by atoms with Crippen LogP contribution >= 0.6 is 0 Å². The minimum absolute atomic E-state index is 0.386. The molecule has 2 aromatic carbocycles. The van der Waals surface area contributed by atoms with Crippen LogP contribution in [0.15, 0.2) is 67.1 Å². The molecule has 0 fully saturated rings. The van der Waals surface area contributed by atoms with Gasteiger partial charge in [-0.05, 0) is 31.9 Å². The van der Waals surface area contributed by atoms with Crippen molar-refractivity contribution in [3.8, 4) is 22.4 Å². The Hall–Kier alpha value is -3.74. The highest BCUT2D eigenvalue weighted by atomic mass is 16.6. The summed E-state index contributed by atoms with van der Waals surface area (Å²) in [6, 6.07) is 18.0. The van der Waals surface area contributed by atoms with Crippen LogP contribution in [0.3, 0.4) is 0 Å². The van der Waals surface area contributed by atoms with Crippen LogP contribution in [0.25, 0.3) is 28.2 Å². The van der Waals surface area contributed by atoms with Gasteiger partial charge in [0, 0.05) is 23.9 Å². The molecule has 152 valence electrons. The summed E-state index contributed by atoms with van der Waals surface area (Å²) in [4.78, 5) is 20.8. The van der Waals surface area contributed by atoms with E-state index in [1.54, 1.807) is 4.52 Å². The zero-order chi connectivity index (χ0) is 21.1. The molecule has 4 aromatic rings. The molecule has 0 saturated heterocycles. The molecule has 2 aromatic heterocycles. The molecule has 7 nitrogen and oxygen atoms in total. The number of hydrogen-bond acceptors (Lipinski definition) is 5. The van der Waals surface area contributed by atoms with Crippen LogP contribution in [0, 0.1) is 0 Å². The molecule has 0 aliphatic carbocycles. The number of rotatable bonds is 4. The summed E-state index contributed by atoms with van der Waals surface area (Å²) in [6.07, 6.45) is 3.00. The van der Waals surface area contributed by atoms with E-state index in [1.165, 1.54) is 6.33 Å². The van der Waals surface area contributed by atoms with Crippen molar-refractivity contribution in [2.24, 2.45) is 0 Å². The molecule has 2 heterocycles. The van der Waals surface area contributed by atoms with Gasteiger partial charge in [0.15, 0.2) is 0 Å². The third-order valence-corrected chi connectivity index (χ3v) is 4.42. The first-order chi connectivity index (χ1) is 14.4. The average Bonchev–Trinajstić information content (AvgIpc) is 3.19. The summed E-state index contributed by atoms with van der Waals surface area (Å²) >= 11 is 0. The predicted octanol–water partition coefficient (Wildman–Crippen LogP) is 4.48. The van der Waals surface area contributed by atoms with Crippen LogP contribution in [0.4, 0.5) is 4.79 Å². The van der Waals surface area contributed by atoms with Crippen LogP contribution in [0.1, 0.15) is 26.3 Å². The Kier molecular flexibility index (Phi) is 5.18. The maximum absolute atomic E-state index is 11.9. The van der Waals surface area contributed by atoms with Crippen LogP contribution in [0.2, 0.25) is 0 Å². The van der Waals surface area contributed by atoms with E-state index in [2.05, 4.69) is 15.4 Å². The van der Waals surface area contributed by atoms with E-state index in [9.17, 15) is 4.79 Å². The molecule has 0 spiro atoms. The number of benzene rings is 2. The number of carbonyl (C=O) groups is 1. The minimum Gasteiger partial charge on any atom is -0.444 e. The van der Waals surface area contributed by atoms with E-state index in [0.717, 1.165) is 27.9 Å². The fourth-order valence-corrected chi connectivity index (χ4v) is 3.08. The second-order valence-electron chi connectivity index (χ2n) is 7.93. The Morgan fingerprint density at radius 1 is 1.03 bits per heavy atom. The number of aromatic nitrogens is 4. The van der Waals surface area contributed by atoms with Crippen molar-refractivity contribution < 1.29 is 9.53 Å². The Bertz CT molecular complexity index is 1160. The zero-order valence-corrected chi connectivity index (χ0v) is 17.2. The number of carbonyl (C=O) groups excluding carboxylic acids is 1. The molecule has 0 radical (unpaired) electrons. The van der Waals surface area contributed by atoms with Crippen LogP contribution < -0.4 is 5.32 Å². The van der Waals surface area contributed by atoms with E-state index < -0.39 is 11.7 Å². The normalized spacial score (nSPS) is 11.4. The summed E-state index contributed by atoms with van der Waals surface area (Å²) in [6.45, 7) is 5.90. The van der Waals surface area contributed by atoms with Crippen molar-refractivity contribution in [2.45, 2.75) is 32.9 Å². The fourth-order valence-electron chi connectivity index (χ4n) is 3.08. The zero-order valence-electron chi connectivity index (χ0n) is 17.2. The standard InChI is InChI=1S/C23H23N5O2/c1-23(2,3)30-22(29)24-13-16-9-11-18(12-10-16)20-19(17-7-5-4-6-8-17)14-28-21(27-20)25-15-26-28/h4-12,14-15H,13H2,1-3H3,(H,24,29). The first kappa shape index (κ1) is 19.6. The van der Waals surface area contributed by atoms with Crippen molar-refractivity contribution in [3.63, 3.8) is 0 Å². The SMILES string of the molecule is CC(C)(C)OC(=O)NCc1ccc(-c2nc3ncnn3cc2-c2ccccc2)cc1. The Balaban J connectivity index is 1.60. The van der Waals surface area contributed by atoms with Gasteiger partial charge in [-0.15, -0.1) is 0 Å². The largest absolute Gasteiger partial charge is 0.444 e. The van der Waals surface area contributed by atoms with Crippen molar-refractivity contribution in [2.75, 3.05) is 0 Å². The predicted molar refractivity (Wildman–Crippen MR) is 115 cm³/mol. The lowest BCUT2D eigenvalue weighted by Gasteiger charge is -2.19. The van der Waals surface area contributed by atoms with Crippen LogP contribution in [0.5, 0.6) is 0 Å². The first-order valence-electron chi connectivity index (χ1n) is 9.71. The lowest BCUT2D eigenvalue weighted by Crippen LogP contribution is -2.32. The number of ether oxygens (including phenoxy) is 1. The highest BCUT2D eigenvalue weighted by Crippen LogP contribution is 2.30. The molecule has 0 unspecified atom stereocenters. The smallest absolute Gasteiger partial charge is 0.407 e. The molecule has 4 rings (SSSR count). The number of nitrogens with one attached hydrogen (secondary N) is 1. The summed E-state index contributed by atoms with van der Waals surface area (Å²) in [5.74, 6) is 0.542. The molecule has 0 aliphatic heterocycles. The van der Waals surface area contributed by atoms with Crippen molar-refractivity contribution in [3.05, 3.63) is 72.7 Å². The molecule has 1 N–H and O–H groups in total. The maximum atomic E-state index is 11.9. The maximum Gasteiger partial charge on any atom is 0.407 e. The number of fused-ring (bicyclic) bond motifs is 1. The van der Waals surface area contributed by atoms with Gasteiger partial charge >= 0.3 is 6.09 Å². The summed E-state index contributed by atoms with van der Waals surface area (Å²) in [5, 5.41) is 6.99. The highest BCUT2D eigenvalue weighted by Gasteiger charge is 2.16. The Morgan fingerprint density at radius 2 is 1.77 bits per heavy atom. The van der Waals surface area contributed by atoms with Gasteiger partial charge in [0.25, 0.3) is 5.78 Å². The monoisotopic (exact) mass is 401 g/mol. The second-order valence-corrected chi connectivity index (χ2v) is 7.93. The number of alkyl carbamates (subject to hydrolysis) is 1. The molecular formula is C23H23N5O2. The number of hydrogen-bond donors (Lipinski definition) is 1.